The van der Waals surface area contributed by atoms with Crippen molar-refractivity contribution in [3.63, 3.8) is 0 Å². The molecule has 0 saturated carbocycles. The van der Waals surface area contributed by atoms with Gasteiger partial charge in [0.15, 0.2) is 5.16 Å². The van der Waals surface area contributed by atoms with Crippen LogP contribution in [-0.2, 0) is 17.8 Å². The maximum absolute atomic E-state index is 13.1. The minimum absolute atomic E-state index is 0.00791. The minimum Gasteiger partial charge on any atom is -0.481 e. The first kappa shape index (κ1) is 15.6. The summed E-state index contributed by atoms with van der Waals surface area (Å²) in [5.74, 6) is -1.10. The number of carboxylic acid groups (broad SMARTS) is 1. The lowest BCUT2D eigenvalue weighted by molar-refractivity contribution is -0.133. The van der Waals surface area contributed by atoms with E-state index in [0.29, 0.717) is 11.7 Å². The third kappa shape index (κ3) is 4.32. The molecule has 0 aliphatic heterocycles. The van der Waals surface area contributed by atoms with Gasteiger partial charge in [0.1, 0.15) is 5.82 Å². The Hall–Kier alpha value is -1.82. The first-order chi connectivity index (χ1) is 9.95. The number of aliphatic carboxylic acids is 1. The molecule has 1 aromatic heterocycles. The molecule has 6 heteroatoms. The monoisotopic (exact) mass is 308 g/mol. The molecule has 0 radical (unpaired) electrons. The summed E-state index contributed by atoms with van der Waals surface area (Å²) in [6, 6.07) is 4.77. The number of hydrogen-bond acceptors (Lipinski definition) is 3. The zero-order valence-corrected chi connectivity index (χ0v) is 12.8. The van der Waals surface area contributed by atoms with Crippen molar-refractivity contribution in [1.82, 2.24) is 9.55 Å². The summed E-state index contributed by atoms with van der Waals surface area (Å²) in [6.45, 7) is 4.46. The average molecular weight is 308 g/mol. The number of nitrogens with zero attached hydrogens (tertiary/aromatic N) is 2. The average Bonchev–Trinajstić information content (AvgIpc) is 2.76. The summed E-state index contributed by atoms with van der Waals surface area (Å²) in [5, 5.41) is 9.45. The van der Waals surface area contributed by atoms with Crippen LogP contribution in [0.15, 0.2) is 29.6 Å². The SMILES string of the molecule is Cc1cn(CCc2ccc(F)cc2C)c(SCC(=O)O)n1. The van der Waals surface area contributed by atoms with Gasteiger partial charge < -0.3 is 9.67 Å². The molecule has 4 nitrogen and oxygen atoms in total. The second-order valence-electron chi connectivity index (χ2n) is 4.86. The first-order valence-electron chi connectivity index (χ1n) is 6.59. The van der Waals surface area contributed by atoms with E-state index in [1.54, 1.807) is 6.07 Å². The van der Waals surface area contributed by atoms with Crippen molar-refractivity contribution in [2.24, 2.45) is 0 Å². The Morgan fingerprint density at radius 1 is 1.43 bits per heavy atom. The number of carbonyl (C=O) groups is 1. The fraction of sp³-hybridized carbons (Fsp3) is 0.333. The van der Waals surface area contributed by atoms with Gasteiger partial charge in [0, 0.05) is 12.7 Å². The lowest BCUT2D eigenvalue weighted by atomic mass is 10.1. The molecule has 0 unspecified atom stereocenters. The highest BCUT2D eigenvalue weighted by Crippen LogP contribution is 2.19. The Bertz CT molecular complexity index is 655. The van der Waals surface area contributed by atoms with E-state index in [-0.39, 0.29) is 11.6 Å². The van der Waals surface area contributed by atoms with E-state index in [1.165, 1.54) is 23.9 Å². The fourth-order valence-electron chi connectivity index (χ4n) is 2.11. The van der Waals surface area contributed by atoms with Crippen LogP contribution in [0.4, 0.5) is 4.39 Å². The Morgan fingerprint density at radius 2 is 2.19 bits per heavy atom. The lowest BCUT2D eigenvalue weighted by Crippen LogP contribution is -2.05. The van der Waals surface area contributed by atoms with Crippen LogP contribution in [0.3, 0.4) is 0 Å². The molecule has 0 saturated heterocycles. The van der Waals surface area contributed by atoms with Gasteiger partial charge >= 0.3 is 5.97 Å². The predicted molar refractivity (Wildman–Crippen MR) is 80.2 cm³/mol. The van der Waals surface area contributed by atoms with Gasteiger partial charge in [0.2, 0.25) is 0 Å². The van der Waals surface area contributed by atoms with Crippen molar-refractivity contribution in [1.29, 1.82) is 0 Å². The maximum atomic E-state index is 13.1. The maximum Gasteiger partial charge on any atom is 0.313 e. The number of thioether (sulfide) groups is 1. The van der Waals surface area contributed by atoms with Crippen LogP contribution >= 0.6 is 11.8 Å². The van der Waals surface area contributed by atoms with Crippen molar-refractivity contribution >= 4 is 17.7 Å². The molecule has 0 fully saturated rings. The van der Waals surface area contributed by atoms with E-state index < -0.39 is 5.97 Å². The summed E-state index contributed by atoms with van der Waals surface area (Å²) in [4.78, 5) is 15.0. The number of carboxylic acids is 1. The molecule has 2 aromatic rings. The summed E-state index contributed by atoms with van der Waals surface area (Å²) >= 11 is 1.21. The van der Waals surface area contributed by atoms with Crippen molar-refractivity contribution in [3.8, 4) is 0 Å². The van der Waals surface area contributed by atoms with Crippen molar-refractivity contribution in [3.05, 3.63) is 47.0 Å². The van der Waals surface area contributed by atoms with Gasteiger partial charge in [-0.25, -0.2) is 9.37 Å². The molecular formula is C15H17FN2O2S. The third-order valence-electron chi connectivity index (χ3n) is 3.11. The Labute approximate surface area is 127 Å². The van der Waals surface area contributed by atoms with Crippen LogP contribution in [0.5, 0.6) is 0 Å². The summed E-state index contributed by atoms with van der Waals surface area (Å²) in [6.07, 6.45) is 2.66. The van der Waals surface area contributed by atoms with E-state index in [4.69, 9.17) is 5.11 Å². The molecule has 0 aliphatic carbocycles. The molecule has 21 heavy (non-hydrogen) atoms. The minimum atomic E-state index is -0.860. The Kier molecular flexibility index (Phi) is 5.01. The zero-order valence-electron chi connectivity index (χ0n) is 12.0. The second-order valence-corrected chi connectivity index (χ2v) is 5.80. The molecule has 0 spiro atoms. The molecule has 0 atom stereocenters. The normalized spacial score (nSPS) is 10.8. The largest absolute Gasteiger partial charge is 0.481 e. The number of halogens is 1. The van der Waals surface area contributed by atoms with Crippen molar-refractivity contribution in [2.75, 3.05) is 5.75 Å². The van der Waals surface area contributed by atoms with E-state index in [0.717, 1.165) is 23.2 Å². The fourth-order valence-corrected chi connectivity index (χ4v) is 2.88. The lowest BCUT2D eigenvalue weighted by Gasteiger charge is -2.09. The van der Waals surface area contributed by atoms with Gasteiger partial charge in [-0.2, -0.15) is 0 Å². The van der Waals surface area contributed by atoms with Gasteiger partial charge in [-0.15, -0.1) is 0 Å². The smallest absolute Gasteiger partial charge is 0.313 e. The van der Waals surface area contributed by atoms with Gasteiger partial charge in [-0.3, -0.25) is 4.79 Å². The molecular weight excluding hydrogens is 291 g/mol. The second kappa shape index (κ2) is 6.76. The predicted octanol–water partition coefficient (Wildman–Crippen LogP) is 3.06. The Morgan fingerprint density at radius 3 is 2.86 bits per heavy atom. The standard InChI is InChI=1S/C15H17FN2O2S/c1-10-7-13(16)4-3-12(10)5-6-18-8-11(2)17-15(18)21-9-14(19)20/h3-4,7-8H,5-6,9H2,1-2H3,(H,19,20). The van der Waals surface area contributed by atoms with E-state index in [2.05, 4.69) is 4.98 Å². The number of aromatic nitrogens is 2. The third-order valence-corrected chi connectivity index (χ3v) is 4.09. The van der Waals surface area contributed by atoms with Crippen LogP contribution in [0, 0.1) is 19.7 Å². The molecule has 0 bridgehead atoms. The molecule has 1 heterocycles. The van der Waals surface area contributed by atoms with E-state index in [9.17, 15) is 9.18 Å². The zero-order chi connectivity index (χ0) is 15.4. The van der Waals surface area contributed by atoms with Crippen LogP contribution in [-0.4, -0.2) is 26.4 Å². The van der Waals surface area contributed by atoms with Crippen molar-refractivity contribution < 1.29 is 14.3 Å². The number of benzene rings is 1. The number of aryl methyl sites for hydroxylation is 4. The first-order valence-corrected chi connectivity index (χ1v) is 7.57. The molecule has 0 amide bonds. The number of hydrogen-bond donors (Lipinski definition) is 1. The highest BCUT2D eigenvalue weighted by molar-refractivity contribution is 7.99. The van der Waals surface area contributed by atoms with Crippen LogP contribution in [0.25, 0.3) is 0 Å². The van der Waals surface area contributed by atoms with E-state index >= 15 is 0 Å². The number of rotatable bonds is 6. The highest BCUT2D eigenvalue weighted by Gasteiger charge is 2.09. The topological polar surface area (TPSA) is 55.1 Å². The van der Waals surface area contributed by atoms with E-state index in [1.807, 2.05) is 24.6 Å². The summed E-state index contributed by atoms with van der Waals surface area (Å²) in [5.41, 5.74) is 2.86. The molecule has 2 rings (SSSR count). The summed E-state index contributed by atoms with van der Waals surface area (Å²) in [7, 11) is 0. The van der Waals surface area contributed by atoms with Gasteiger partial charge in [0.25, 0.3) is 0 Å². The van der Waals surface area contributed by atoms with Crippen LogP contribution < -0.4 is 0 Å². The number of imidazole rings is 1. The molecule has 0 aliphatic rings. The van der Waals surface area contributed by atoms with Gasteiger partial charge in [-0.05, 0) is 43.5 Å². The van der Waals surface area contributed by atoms with Crippen LogP contribution in [0.1, 0.15) is 16.8 Å². The Balaban J connectivity index is 2.07. The van der Waals surface area contributed by atoms with Crippen LogP contribution in [0.2, 0.25) is 0 Å². The quantitative estimate of drug-likeness (QED) is 0.833. The summed E-state index contributed by atoms with van der Waals surface area (Å²) < 4.78 is 15.0. The van der Waals surface area contributed by atoms with Gasteiger partial charge in [-0.1, -0.05) is 17.8 Å². The van der Waals surface area contributed by atoms with Gasteiger partial charge in [0.05, 0.1) is 11.4 Å². The molecule has 1 N–H and O–H groups in total. The molecule has 112 valence electrons. The van der Waals surface area contributed by atoms with Crippen molar-refractivity contribution in [2.45, 2.75) is 32.0 Å². The molecule has 1 aromatic carbocycles. The highest BCUT2D eigenvalue weighted by atomic mass is 32.2.